The van der Waals surface area contributed by atoms with Crippen molar-refractivity contribution >= 4 is 6.09 Å². The molecule has 3 N–H and O–H groups in total. The third-order valence-corrected chi connectivity index (χ3v) is 2.33. The average Bonchev–Trinajstić information content (AvgIpc) is 2.06. The van der Waals surface area contributed by atoms with E-state index in [9.17, 15) is 4.79 Å². The van der Waals surface area contributed by atoms with E-state index >= 15 is 0 Å². The number of allylic oxidation sites excluding steroid dienone is 2. The first-order chi connectivity index (χ1) is 7.23. The van der Waals surface area contributed by atoms with Crippen LogP contribution >= 0.6 is 0 Å². The number of carbonyl (C=O) groups excluding carboxylic acids is 1. The van der Waals surface area contributed by atoms with Crippen LogP contribution in [0.2, 0.25) is 0 Å². The maximum Gasteiger partial charge on any atom is 0.408 e. The zero-order chi connectivity index (χ0) is 12.4. The van der Waals surface area contributed by atoms with Gasteiger partial charge < -0.3 is 15.8 Å². The third kappa shape index (κ3) is 3.38. The highest BCUT2D eigenvalue weighted by Crippen LogP contribution is 2.17. The van der Waals surface area contributed by atoms with Crippen molar-refractivity contribution in [2.45, 2.75) is 44.9 Å². The lowest BCUT2D eigenvalue weighted by Gasteiger charge is -2.34. The van der Waals surface area contributed by atoms with E-state index in [0.29, 0.717) is 0 Å². The molecule has 1 aliphatic carbocycles. The molecule has 2 unspecified atom stereocenters. The Balaban J connectivity index is 2.63. The molecule has 2 atom stereocenters. The van der Waals surface area contributed by atoms with Crippen LogP contribution in [-0.2, 0) is 4.74 Å². The Kier molecular flexibility index (Phi) is 3.43. The molecule has 0 heterocycles. The van der Waals surface area contributed by atoms with Crippen molar-refractivity contribution in [2.75, 3.05) is 0 Å². The number of hydrogen-bond acceptors (Lipinski definition) is 3. The molecule has 0 fully saturated rings. The van der Waals surface area contributed by atoms with Crippen LogP contribution in [0.5, 0.6) is 0 Å². The normalized spacial score (nSPS) is 28.9. The minimum absolute atomic E-state index is 0.245. The molecule has 4 heteroatoms. The summed E-state index contributed by atoms with van der Waals surface area (Å²) < 4.78 is 5.19. The van der Waals surface area contributed by atoms with Gasteiger partial charge in [-0.15, -0.1) is 0 Å². The Bertz CT molecular complexity index is 328. The standard InChI is InChI=1S/C12H20N2O2/c1-11(2,3)16-10(15)14-12(4)8-6-5-7-9(12)13/h5-9H,13H2,1-4H3,(H,14,15). The summed E-state index contributed by atoms with van der Waals surface area (Å²) in [5.74, 6) is 0. The van der Waals surface area contributed by atoms with Crippen molar-refractivity contribution in [3.63, 3.8) is 0 Å². The summed E-state index contributed by atoms with van der Waals surface area (Å²) in [4.78, 5) is 11.6. The predicted molar refractivity (Wildman–Crippen MR) is 64.0 cm³/mol. The smallest absolute Gasteiger partial charge is 0.408 e. The maximum absolute atomic E-state index is 11.6. The molecule has 0 saturated heterocycles. The summed E-state index contributed by atoms with van der Waals surface area (Å²) in [6, 6.07) is -0.245. The van der Waals surface area contributed by atoms with E-state index < -0.39 is 17.2 Å². The summed E-state index contributed by atoms with van der Waals surface area (Å²) in [5, 5.41) is 2.78. The van der Waals surface area contributed by atoms with E-state index in [1.807, 2.05) is 52.0 Å². The fourth-order valence-electron chi connectivity index (χ4n) is 1.40. The molecule has 0 bridgehead atoms. The van der Waals surface area contributed by atoms with E-state index in [2.05, 4.69) is 5.32 Å². The molecule has 0 aromatic carbocycles. The van der Waals surface area contributed by atoms with Crippen LogP contribution in [0.4, 0.5) is 4.79 Å². The second-order valence-corrected chi connectivity index (χ2v) is 5.18. The van der Waals surface area contributed by atoms with Crippen LogP contribution in [0.1, 0.15) is 27.7 Å². The minimum atomic E-state index is -0.586. The van der Waals surface area contributed by atoms with E-state index in [1.165, 1.54) is 0 Å². The zero-order valence-corrected chi connectivity index (χ0v) is 10.3. The number of rotatable bonds is 1. The fourth-order valence-corrected chi connectivity index (χ4v) is 1.40. The van der Waals surface area contributed by atoms with Gasteiger partial charge in [0.2, 0.25) is 0 Å². The molecule has 4 nitrogen and oxygen atoms in total. The number of carbonyl (C=O) groups is 1. The van der Waals surface area contributed by atoms with E-state index in [0.717, 1.165) is 0 Å². The molecule has 0 spiro atoms. The van der Waals surface area contributed by atoms with Crippen molar-refractivity contribution in [3.05, 3.63) is 24.3 Å². The molecule has 16 heavy (non-hydrogen) atoms. The number of hydrogen-bond donors (Lipinski definition) is 2. The van der Waals surface area contributed by atoms with Gasteiger partial charge >= 0.3 is 6.09 Å². The number of alkyl carbamates (subject to hydrolysis) is 1. The molecule has 0 aromatic heterocycles. The van der Waals surface area contributed by atoms with Gasteiger partial charge in [-0.3, -0.25) is 0 Å². The lowest BCUT2D eigenvalue weighted by atomic mass is 9.89. The van der Waals surface area contributed by atoms with Gasteiger partial charge in [0.05, 0.1) is 5.54 Å². The van der Waals surface area contributed by atoms with Crippen LogP contribution in [0.3, 0.4) is 0 Å². The van der Waals surface area contributed by atoms with Gasteiger partial charge in [-0.2, -0.15) is 0 Å². The highest BCUT2D eigenvalue weighted by atomic mass is 16.6. The maximum atomic E-state index is 11.6. The predicted octanol–water partition coefficient (Wildman–Crippen LogP) is 1.72. The largest absolute Gasteiger partial charge is 0.444 e. The highest BCUT2D eigenvalue weighted by Gasteiger charge is 2.32. The first kappa shape index (κ1) is 12.8. The second-order valence-electron chi connectivity index (χ2n) is 5.18. The fraction of sp³-hybridized carbons (Fsp3) is 0.583. The highest BCUT2D eigenvalue weighted by molar-refractivity contribution is 5.69. The molecule has 0 aliphatic heterocycles. The Morgan fingerprint density at radius 2 is 2.06 bits per heavy atom. The molecule has 0 saturated carbocycles. The number of nitrogens with two attached hydrogens (primary N) is 1. The molecule has 0 aromatic rings. The first-order valence-electron chi connectivity index (χ1n) is 5.36. The summed E-state index contributed by atoms with van der Waals surface area (Å²) in [6.45, 7) is 7.34. The van der Waals surface area contributed by atoms with Crippen LogP contribution in [-0.4, -0.2) is 23.3 Å². The lowest BCUT2D eigenvalue weighted by molar-refractivity contribution is 0.0478. The van der Waals surface area contributed by atoms with Crippen molar-refractivity contribution < 1.29 is 9.53 Å². The van der Waals surface area contributed by atoms with Crippen LogP contribution < -0.4 is 11.1 Å². The van der Waals surface area contributed by atoms with Crippen molar-refractivity contribution in [3.8, 4) is 0 Å². The Labute approximate surface area is 96.5 Å². The summed E-state index contributed by atoms with van der Waals surface area (Å²) >= 11 is 0. The second kappa shape index (κ2) is 4.29. The number of nitrogens with one attached hydrogen (secondary N) is 1. The van der Waals surface area contributed by atoms with E-state index in [4.69, 9.17) is 10.5 Å². The van der Waals surface area contributed by atoms with Gasteiger partial charge in [-0.05, 0) is 27.7 Å². The Hall–Kier alpha value is -1.29. The van der Waals surface area contributed by atoms with Crippen LogP contribution in [0.25, 0.3) is 0 Å². The van der Waals surface area contributed by atoms with Crippen molar-refractivity contribution in [1.82, 2.24) is 5.32 Å². The van der Waals surface area contributed by atoms with Gasteiger partial charge in [0.1, 0.15) is 5.60 Å². The molecule has 90 valence electrons. The number of amides is 1. The monoisotopic (exact) mass is 224 g/mol. The lowest BCUT2D eigenvalue weighted by Crippen LogP contribution is -2.57. The molecule has 0 radical (unpaired) electrons. The molecular formula is C12H20N2O2. The van der Waals surface area contributed by atoms with Crippen LogP contribution in [0, 0.1) is 0 Å². The number of ether oxygens (including phenoxy) is 1. The molecular weight excluding hydrogens is 204 g/mol. The molecule has 1 rings (SSSR count). The van der Waals surface area contributed by atoms with Gasteiger partial charge in [-0.25, -0.2) is 4.79 Å². The van der Waals surface area contributed by atoms with Gasteiger partial charge in [0, 0.05) is 6.04 Å². The third-order valence-electron chi connectivity index (χ3n) is 2.33. The topological polar surface area (TPSA) is 64.3 Å². The van der Waals surface area contributed by atoms with Crippen molar-refractivity contribution in [1.29, 1.82) is 0 Å². The summed E-state index contributed by atoms with van der Waals surface area (Å²) in [6.07, 6.45) is 6.98. The average molecular weight is 224 g/mol. The molecule has 1 amide bonds. The van der Waals surface area contributed by atoms with E-state index in [-0.39, 0.29) is 6.04 Å². The van der Waals surface area contributed by atoms with Gasteiger partial charge in [-0.1, -0.05) is 24.3 Å². The molecule has 1 aliphatic rings. The van der Waals surface area contributed by atoms with Crippen LogP contribution in [0.15, 0.2) is 24.3 Å². The minimum Gasteiger partial charge on any atom is -0.444 e. The van der Waals surface area contributed by atoms with E-state index in [1.54, 1.807) is 0 Å². The van der Waals surface area contributed by atoms with Gasteiger partial charge in [0.15, 0.2) is 0 Å². The SMILES string of the molecule is CC(C)(C)OC(=O)NC1(C)C=CC=CC1N. The first-order valence-corrected chi connectivity index (χ1v) is 5.36. The summed E-state index contributed by atoms with van der Waals surface area (Å²) in [5.41, 5.74) is 4.83. The van der Waals surface area contributed by atoms with Gasteiger partial charge in [0.25, 0.3) is 0 Å². The Morgan fingerprint density at radius 1 is 1.44 bits per heavy atom. The Morgan fingerprint density at radius 3 is 2.56 bits per heavy atom. The quantitative estimate of drug-likeness (QED) is 0.713. The van der Waals surface area contributed by atoms with Crippen molar-refractivity contribution in [2.24, 2.45) is 5.73 Å². The summed E-state index contributed by atoms with van der Waals surface area (Å²) in [7, 11) is 0. The zero-order valence-electron chi connectivity index (χ0n) is 10.3.